The van der Waals surface area contributed by atoms with Gasteiger partial charge in [-0.25, -0.2) is 15.0 Å². The third-order valence-electron chi connectivity index (χ3n) is 5.85. The van der Waals surface area contributed by atoms with Crippen molar-refractivity contribution in [2.75, 3.05) is 37.7 Å². The van der Waals surface area contributed by atoms with Gasteiger partial charge in [0, 0.05) is 49.9 Å². The van der Waals surface area contributed by atoms with Gasteiger partial charge in [-0.15, -0.1) is 0 Å². The number of ether oxygens (including phenoxy) is 1. The summed E-state index contributed by atoms with van der Waals surface area (Å²) in [4.78, 5) is 18.3. The summed E-state index contributed by atoms with van der Waals surface area (Å²) in [6, 6.07) is 5.79. The van der Waals surface area contributed by atoms with E-state index in [0.29, 0.717) is 5.92 Å². The minimum absolute atomic E-state index is 0.609. The molecule has 2 saturated heterocycles. The molecule has 0 unspecified atom stereocenters. The molecule has 2 aromatic rings. The fraction of sp³-hybridized carbons (Fsp3) is 0.591. The molecule has 0 aromatic carbocycles. The van der Waals surface area contributed by atoms with Crippen LogP contribution < -0.4 is 9.64 Å². The van der Waals surface area contributed by atoms with Crippen LogP contribution in [0.15, 0.2) is 36.8 Å². The molecule has 6 nitrogen and oxygen atoms in total. The van der Waals surface area contributed by atoms with Crippen LogP contribution in [0.25, 0.3) is 0 Å². The van der Waals surface area contributed by atoms with E-state index in [1.807, 2.05) is 30.6 Å². The summed E-state index contributed by atoms with van der Waals surface area (Å²) >= 11 is 0. The van der Waals surface area contributed by atoms with E-state index in [0.717, 1.165) is 69.9 Å². The molecule has 2 aromatic heterocycles. The Balaban J connectivity index is 1.21. The maximum atomic E-state index is 5.82. The first kappa shape index (κ1) is 19.1. The van der Waals surface area contributed by atoms with Gasteiger partial charge in [-0.3, -0.25) is 4.90 Å². The normalized spacial score (nSPS) is 21.6. The zero-order valence-electron chi connectivity index (χ0n) is 16.8. The fourth-order valence-electron chi connectivity index (χ4n) is 4.17. The van der Waals surface area contributed by atoms with Gasteiger partial charge in [0.25, 0.3) is 0 Å². The van der Waals surface area contributed by atoms with E-state index in [4.69, 9.17) is 4.74 Å². The van der Waals surface area contributed by atoms with Crippen LogP contribution in [0.2, 0.25) is 0 Å². The van der Waals surface area contributed by atoms with E-state index in [1.54, 1.807) is 6.20 Å². The Bertz CT molecular complexity index is 715. The smallest absolute Gasteiger partial charge is 0.225 e. The van der Waals surface area contributed by atoms with E-state index >= 15 is 0 Å². The first-order chi connectivity index (χ1) is 13.8. The van der Waals surface area contributed by atoms with Crippen molar-refractivity contribution in [1.29, 1.82) is 0 Å². The predicted octanol–water partition coefficient (Wildman–Crippen LogP) is 3.40. The molecule has 4 heterocycles. The Kier molecular flexibility index (Phi) is 6.37. The van der Waals surface area contributed by atoms with E-state index in [2.05, 4.69) is 31.7 Å². The van der Waals surface area contributed by atoms with Crippen molar-refractivity contribution >= 4 is 5.95 Å². The zero-order valence-corrected chi connectivity index (χ0v) is 16.8. The average molecular weight is 382 g/mol. The minimum atomic E-state index is 0.609. The average Bonchev–Trinajstić information content (AvgIpc) is 2.75. The van der Waals surface area contributed by atoms with Gasteiger partial charge in [0.15, 0.2) is 0 Å². The van der Waals surface area contributed by atoms with Crippen LogP contribution >= 0.6 is 0 Å². The molecule has 2 aliphatic heterocycles. The second-order valence-corrected chi connectivity index (χ2v) is 8.28. The van der Waals surface area contributed by atoms with Gasteiger partial charge in [0.1, 0.15) is 0 Å². The molecule has 0 aliphatic carbocycles. The largest absolute Gasteiger partial charge is 0.477 e. The van der Waals surface area contributed by atoms with Crippen LogP contribution in [0.5, 0.6) is 5.88 Å². The number of piperidine rings is 2. The lowest BCUT2D eigenvalue weighted by Gasteiger charge is -2.32. The van der Waals surface area contributed by atoms with Crippen LogP contribution in [0.3, 0.4) is 0 Å². The molecule has 4 rings (SSSR count). The SMILES string of the molecule is C[C@H]1CCCN(c2ncc(CN3CCC(COc4ccccn4)CC3)cn2)C1. The van der Waals surface area contributed by atoms with Crippen molar-refractivity contribution in [2.45, 2.75) is 39.2 Å². The molecule has 150 valence electrons. The molecule has 0 amide bonds. The highest BCUT2D eigenvalue weighted by Gasteiger charge is 2.21. The highest BCUT2D eigenvalue weighted by atomic mass is 16.5. The van der Waals surface area contributed by atoms with Crippen molar-refractivity contribution in [3.8, 4) is 5.88 Å². The third kappa shape index (κ3) is 5.19. The van der Waals surface area contributed by atoms with E-state index < -0.39 is 0 Å². The molecule has 0 saturated carbocycles. The first-order valence-corrected chi connectivity index (χ1v) is 10.6. The van der Waals surface area contributed by atoms with Crippen LogP contribution in [0.4, 0.5) is 5.95 Å². The lowest BCUT2D eigenvalue weighted by molar-refractivity contribution is 0.134. The summed E-state index contributed by atoms with van der Waals surface area (Å²) in [6.45, 7) is 8.36. The quantitative estimate of drug-likeness (QED) is 0.764. The molecule has 1 atom stereocenters. The van der Waals surface area contributed by atoms with E-state index in [-0.39, 0.29) is 0 Å². The lowest BCUT2D eigenvalue weighted by atomic mass is 9.97. The number of hydrogen-bond acceptors (Lipinski definition) is 6. The zero-order chi connectivity index (χ0) is 19.2. The van der Waals surface area contributed by atoms with Crippen LogP contribution in [0.1, 0.15) is 38.2 Å². The van der Waals surface area contributed by atoms with E-state index in [1.165, 1.54) is 18.4 Å². The molecule has 6 heteroatoms. The number of rotatable bonds is 6. The number of nitrogens with zero attached hydrogens (tertiary/aromatic N) is 5. The third-order valence-corrected chi connectivity index (χ3v) is 5.85. The standard InChI is InChI=1S/C22H31N5O/c1-18-5-4-10-27(15-18)22-24-13-20(14-25-22)16-26-11-7-19(8-12-26)17-28-21-6-2-3-9-23-21/h2-3,6,9,13-14,18-19H,4-5,7-8,10-12,15-17H2,1H3/t18-/m0/s1. The Labute approximate surface area is 168 Å². The molecule has 0 radical (unpaired) electrons. The van der Waals surface area contributed by atoms with Crippen molar-refractivity contribution < 1.29 is 4.74 Å². The minimum Gasteiger partial charge on any atom is -0.477 e. The molecule has 28 heavy (non-hydrogen) atoms. The van der Waals surface area contributed by atoms with Gasteiger partial charge >= 0.3 is 0 Å². The van der Waals surface area contributed by atoms with Gasteiger partial charge < -0.3 is 9.64 Å². The summed E-state index contributed by atoms with van der Waals surface area (Å²) in [7, 11) is 0. The Hall–Kier alpha value is -2.21. The highest BCUT2D eigenvalue weighted by Crippen LogP contribution is 2.22. The number of likely N-dealkylation sites (tertiary alicyclic amines) is 1. The van der Waals surface area contributed by atoms with Crippen molar-refractivity contribution in [3.63, 3.8) is 0 Å². The Morgan fingerprint density at radius 2 is 1.86 bits per heavy atom. The van der Waals surface area contributed by atoms with Crippen LogP contribution in [-0.2, 0) is 6.54 Å². The maximum Gasteiger partial charge on any atom is 0.225 e. The number of hydrogen-bond donors (Lipinski definition) is 0. The van der Waals surface area contributed by atoms with Gasteiger partial charge in [0.2, 0.25) is 11.8 Å². The number of aromatic nitrogens is 3. The number of pyridine rings is 1. The summed E-state index contributed by atoms with van der Waals surface area (Å²) in [5, 5.41) is 0. The summed E-state index contributed by atoms with van der Waals surface area (Å²) in [5.74, 6) is 2.96. The highest BCUT2D eigenvalue weighted by molar-refractivity contribution is 5.30. The molecular formula is C22H31N5O. The number of anilines is 1. The van der Waals surface area contributed by atoms with Crippen molar-refractivity contribution in [2.24, 2.45) is 11.8 Å². The van der Waals surface area contributed by atoms with Gasteiger partial charge in [-0.2, -0.15) is 0 Å². The predicted molar refractivity (Wildman–Crippen MR) is 110 cm³/mol. The summed E-state index contributed by atoms with van der Waals surface area (Å²) in [6.07, 6.45) is 10.7. The fourth-order valence-corrected chi connectivity index (χ4v) is 4.17. The second-order valence-electron chi connectivity index (χ2n) is 8.28. The topological polar surface area (TPSA) is 54.4 Å². The molecule has 0 spiro atoms. The van der Waals surface area contributed by atoms with Gasteiger partial charge in [-0.05, 0) is 56.7 Å². The van der Waals surface area contributed by atoms with Crippen molar-refractivity contribution in [3.05, 3.63) is 42.4 Å². The van der Waals surface area contributed by atoms with Crippen molar-refractivity contribution in [1.82, 2.24) is 19.9 Å². The van der Waals surface area contributed by atoms with Crippen LogP contribution in [0, 0.1) is 11.8 Å². The summed E-state index contributed by atoms with van der Waals surface area (Å²) in [5.41, 5.74) is 1.21. The molecular weight excluding hydrogens is 350 g/mol. The Morgan fingerprint density at radius 3 is 2.57 bits per heavy atom. The monoisotopic (exact) mass is 381 g/mol. The summed E-state index contributed by atoms with van der Waals surface area (Å²) < 4.78 is 5.82. The molecule has 2 aliphatic rings. The lowest BCUT2D eigenvalue weighted by Crippen LogP contribution is -2.36. The molecule has 0 bridgehead atoms. The maximum absolute atomic E-state index is 5.82. The van der Waals surface area contributed by atoms with Crippen LogP contribution in [-0.4, -0.2) is 52.6 Å². The Morgan fingerprint density at radius 1 is 1.04 bits per heavy atom. The molecule has 0 N–H and O–H groups in total. The second kappa shape index (κ2) is 9.32. The van der Waals surface area contributed by atoms with Gasteiger partial charge in [-0.1, -0.05) is 13.0 Å². The van der Waals surface area contributed by atoms with Gasteiger partial charge in [0.05, 0.1) is 6.61 Å². The molecule has 2 fully saturated rings. The van der Waals surface area contributed by atoms with E-state index in [9.17, 15) is 0 Å². The first-order valence-electron chi connectivity index (χ1n) is 10.6.